The molecule has 1 aromatic heterocycles. The van der Waals surface area contributed by atoms with Crippen LogP contribution in [-0.4, -0.2) is 30.0 Å². The molecule has 0 amide bonds. The summed E-state index contributed by atoms with van der Waals surface area (Å²) in [6.07, 6.45) is 4.66. The van der Waals surface area contributed by atoms with Crippen LogP contribution in [0.25, 0.3) is 10.9 Å². The molecule has 90 valence electrons. The van der Waals surface area contributed by atoms with Gasteiger partial charge in [0, 0.05) is 22.1 Å². The molecule has 0 spiro atoms. The summed E-state index contributed by atoms with van der Waals surface area (Å²) < 4.78 is 0. The summed E-state index contributed by atoms with van der Waals surface area (Å²) in [4.78, 5) is 5.75. The highest BCUT2D eigenvalue weighted by atomic mass is 35.5. The van der Waals surface area contributed by atoms with E-state index in [9.17, 15) is 0 Å². The molecule has 2 heterocycles. The highest BCUT2D eigenvalue weighted by molar-refractivity contribution is 6.31. The zero-order chi connectivity index (χ0) is 11.8. The highest BCUT2D eigenvalue weighted by Gasteiger charge is 2.20. The summed E-state index contributed by atoms with van der Waals surface area (Å²) in [5.74, 6) is 0.679. The van der Waals surface area contributed by atoms with Crippen LogP contribution >= 0.6 is 11.6 Å². The Kier molecular flexibility index (Phi) is 2.85. The van der Waals surface area contributed by atoms with Gasteiger partial charge >= 0.3 is 0 Å². The number of nitrogens with zero attached hydrogens (tertiary/aromatic N) is 1. The van der Waals surface area contributed by atoms with Crippen LogP contribution in [0.2, 0.25) is 5.02 Å². The van der Waals surface area contributed by atoms with Crippen LogP contribution in [-0.2, 0) is 0 Å². The van der Waals surface area contributed by atoms with Crippen LogP contribution in [0.15, 0.2) is 24.4 Å². The van der Waals surface area contributed by atoms with E-state index in [0.717, 1.165) is 5.02 Å². The third-order valence-electron chi connectivity index (χ3n) is 3.83. The molecule has 1 aliphatic heterocycles. The Hall–Kier alpha value is -0.990. The molecule has 1 N–H and O–H groups in total. The van der Waals surface area contributed by atoms with Crippen molar-refractivity contribution in [3.63, 3.8) is 0 Å². The van der Waals surface area contributed by atoms with Crippen LogP contribution in [0, 0.1) is 0 Å². The Labute approximate surface area is 107 Å². The maximum Gasteiger partial charge on any atom is 0.0457 e. The number of halogens is 1. The molecule has 2 aromatic rings. The fourth-order valence-electron chi connectivity index (χ4n) is 2.77. The van der Waals surface area contributed by atoms with E-state index in [1.165, 1.54) is 42.4 Å². The van der Waals surface area contributed by atoms with E-state index in [1.807, 2.05) is 6.07 Å². The van der Waals surface area contributed by atoms with Gasteiger partial charge in [-0.1, -0.05) is 11.6 Å². The zero-order valence-corrected chi connectivity index (χ0v) is 10.8. The Morgan fingerprint density at radius 1 is 1.29 bits per heavy atom. The minimum Gasteiger partial charge on any atom is -0.361 e. The van der Waals surface area contributed by atoms with Crippen molar-refractivity contribution < 1.29 is 0 Å². The second-order valence-electron chi connectivity index (χ2n) is 5.01. The summed E-state index contributed by atoms with van der Waals surface area (Å²) in [6.45, 7) is 2.38. The fraction of sp³-hybridized carbons (Fsp3) is 0.429. The maximum atomic E-state index is 6.09. The van der Waals surface area contributed by atoms with E-state index < -0.39 is 0 Å². The molecule has 0 aliphatic carbocycles. The Morgan fingerprint density at radius 3 is 2.82 bits per heavy atom. The normalized spacial score (nSPS) is 18.9. The summed E-state index contributed by atoms with van der Waals surface area (Å²) in [6, 6.07) is 6.09. The van der Waals surface area contributed by atoms with E-state index in [2.05, 4.69) is 35.3 Å². The minimum absolute atomic E-state index is 0.679. The Bertz CT molecular complexity index is 524. The zero-order valence-electron chi connectivity index (χ0n) is 10.0. The topological polar surface area (TPSA) is 19.0 Å². The highest BCUT2D eigenvalue weighted by Crippen LogP contribution is 2.33. The monoisotopic (exact) mass is 248 g/mol. The Balaban J connectivity index is 1.97. The SMILES string of the molecule is CN1CCC(c2c[nH]c3ccc(Cl)cc23)CC1. The average Bonchev–Trinajstić information content (AvgIpc) is 2.73. The first-order valence-electron chi connectivity index (χ1n) is 6.19. The predicted octanol–water partition coefficient (Wildman–Crippen LogP) is 3.63. The van der Waals surface area contributed by atoms with Gasteiger partial charge in [0.2, 0.25) is 0 Å². The number of aromatic amines is 1. The minimum atomic E-state index is 0.679. The van der Waals surface area contributed by atoms with Crippen molar-refractivity contribution in [1.29, 1.82) is 0 Å². The van der Waals surface area contributed by atoms with E-state index in [4.69, 9.17) is 11.6 Å². The number of hydrogen-bond donors (Lipinski definition) is 1. The van der Waals surface area contributed by atoms with Crippen LogP contribution in [0.3, 0.4) is 0 Å². The van der Waals surface area contributed by atoms with Gasteiger partial charge in [0.15, 0.2) is 0 Å². The fourth-order valence-corrected chi connectivity index (χ4v) is 2.94. The molecule has 0 saturated carbocycles. The Morgan fingerprint density at radius 2 is 2.06 bits per heavy atom. The van der Waals surface area contributed by atoms with Gasteiger partial charge in [-0.05, 0) is 62.7 Å². The first-order chi connectivity index (χ1) is 8.24. The van der Waals surface area contributed by atoms with Gasteiger partial charge in [0.25, 0.3) is 0 Å². The first kappa shape index (κ1) is 11.1. The van der Waals surface area contributed by atoms with Gasteiger partial charge < -0.3 is 9.88 Å². The van der Waals surface area contributed by atoms with Crippen LogP contribution in [0.4, 0.5) is 0 Å². The molecular weight excluding hydrogens is 232 g/mol. The van der Waals surface area contributed by atoms with Crippen molar-refractivity contribution >= 4 is 22.5 Å². The van der Waals surface area contributed by atoms with Crippen molar-refractivity contribution in [2.75, 3.05) is 20.1 Å². The summed E-state index contributed by atoms with van der Waals surface area (Å²) in [5.41, 5.74) is 2.64. The summed E-state index contributed by atoms with van der Waals surface area (Å²) in [5, 5.41) is 2.12. The van der Waals surface area contributed by atoms with Gasteiger partial charge in [0.1, 0.15) is 0 Å². The number of hydrogen-bond acceptors (Lipinski definition) is 1. The first-order valence-corrected chi connectivity index (χ1v) is 6.57. The number of benzene rings is 1. The molecule has 2 nitrogen and oxygen atoms in total. The standard InChI is InChI=1S/C14H17ClN2/c1-17-6-4-10(5-7-17)13-9-16-14-3-2-11(15)8-12(13)14/h2-3,8-10,16H,4-7H2,1H3. The molecule has 17 heavy (non-hydrogen) atoms. The quantitative estimate of drug-likeness (QED) is 0.817. The maximum absolute atomic E-state index is 6.09. The summed E-state index contributed by atoms with van der Waals surface area (Å²) >= 11 is 6.09. The number of H-pyrrole nitrogens is 1. The third-order valence-corrected chi connectivity index (χ3v) is 4.07. The lowest BCUT2D eigenvalue weighted by Crippen LogP contribution is -2.29. The lowest BCUT2D eigenvalue weighted by molar-refractivity contribution is 0.256. The van der Waals surface area contributed by atoms with Crippen molar-refractivity contribution in [3.8, 4) is 0 Å². The number of likely N-dealkylation sites (tertiary alicyclic amines) is 1. The van der Waals surface area contributed by atoms with Crippen LogP contribution in [0.1, 0.15) is 24.3 Å². The van der Waals surface area contributed by atoms with Gasteiger partial charge in [-0.3, -0.25) is 0 Å². The molecule has 3 heteroatoms. The number of nitrogens with one attached hydrogen (secondary N) is 1. The van der Waals surface area contributed by atoms with E-state index in [-0.39, 0.29) is 0 Å². The van der Waals surface area contributed by atoms with E-state index >= 15 is 0 Å². The van der Waals surface area contributed by atoms with Crippen molar-refractivity contribution in [2.24, 2.45) is 0 Å². The van der Waals surface area contributed by atoms with Crippen molar-refractivity contribution in [1.82, 2.24) is 9.88 Å². The van der Waals surface area contributed by atoms with Gasteiger partial charge in [-0.15, -0.1) is 0 Å². The second-order valence-corrected chi connectivity index (χ2v) is 5.45. The lowest BCUT2D eigenvalue weighted by atomic mass is 9.89. The number of rotatable bonds is 1. The van der Waals surface area contributed by atoms with Gasteiger partial charge in [-0.25, -0.2) is 0 Å². The van der Waals surface area contributed by atoms with Crippen molar-refractivity contribution in [2.45, 2.75) is 18.8 Å². The molecular formula is C14H17ClN2. The molecule has 1 aliphatic rings. The van der Waals surface area contributed by atoms with Crippen LogP contribution in [0.5, 0.6) is 0 Å². The number of aromatic nitrogens is 1. The molecule has 0 bridgehead atoms. The molecule has 0 radical (unpaired) electrons. The molecule has 1 fully saturated rings. The molecule has 1 saturated heterocycles. The van der Waals surface area contributed by atoms with Gasteiger partial charge in [0.05, 0.1) is 0 Å². The van der Waals surface area contributed by atoms with Gasteiger partial charge in [-0.2, -0.15) is 0 Å². The molecule has 0 unspecified atom stereocenters. The smallest absolute Gasteiger partial charge is 0.0457 e. The largest absolute Gasteiger partial charge is 0.361 e. The van der Waals surface area contributed by atoms with Crippen LogP contribution < -0.4 is 0 Å². The average molecular weight is 249 g/mol. The second kappa shape index (κ2) is 4.35. The molecule has 0 atom stereocenters. The predicted molar refractivity (Wildman–Crippen MR) is 72.8 cm³/mol. The molecule has 3 rings (SSSR count). The third kappa shape index (κ3) is 2.07. The van der Waals surface area contributed by atoms with Crippen molar-refractivity contribution in [3.05, 3.63) is 35.0 Å². The van der Waals surface area contributed by atoms with E-state index in [1.54, 1.807) is 0 Å². The summed E-state index contributed by atoms with van der Waals surface area (Å²) in [7, 11) is 2.20. The molecule has 1 aromatic carbocycles. The number of piperidine rings is 1. The lowest BCUT2D eigenvalue weighted by Gasteiger charge is -2.28. The number of fused-ring (bicyclic) bond motifs is 1. The van der Waals surface area contributed by atoms with E-state index in [0.29, 0.717) is 5.92 Å².